The van der Waals surface area contributed by atoms with Gasteiger partial charge in [0.25, 0.3) is 11.8 Å². The van der Waals surface area contributed by atoms with E-state index in [-0.39, 0.29) is 11.8 Å². The Morgan fingerprint density at radius 3 is 2.19 bits per heavy atom. The van der Waals surface area contributed by atoms with Crippen LogP contribution < -0.4 is 4.90 Å². The SMILES string of the molecule is O=C1C=C(N2CCN(Cc3ccccc3)CC2)C(=O)N1c1ccc(Cl)cc1. The Morgan fingerprint density at radius 2 is 1.52 bits per heavy atom. The van der Waals surface area contributed by atoms with Gasteiger partial charge in [0.2, 0.25) is 0 Å². The number of imide groups is 1. The minimum absolute atomic E-state index is 0.265. The van der Waals surface area contributed by atoms with Gasteiger partial charge < -0.3 is 4.90 Å². The molecule has 0 aliphatic carbocycles. The zero-order valence-corrected chi connectivity index (χ0v) is 15.6. The minimum atomic E-state index is -0.302. The van der Waals surface area contributed by atoms with E-state index in [1.54, 1.807) is 24.3 Å². The molecule has 2 aromatic rings. The van der Waals surface area contributed by atoms with Crippen LogP contribution in [0.2, 0.25) is 5.02 Å². The molecular formula is C21H20ClN3O2. The van der Waals surface area contributed by atoms with E-state index in [1.165, 1.54) is 16.5 Å². The predicted octanol–water partition coefficient (Wildman–Crippen LogP) is 2.91. The highest BCUT2D eigenvalue weighted by molar-refractivity contribution is 6.32. The quantitative estimate of drug-likeness (QED) is 0.764. The highest BCUT2D eigenvalue weighted by Gasteiger charge is 2.36. The molecular weight excluding hydrogens is 362 g/mol. The van der Waals surface area contributed by atoms with Crippen LogP contribution in [0.1, 0.15) is 5.56 Å². The molecule has 0 spiro atoms. The van der Waals surface area contributed by atoms with Crippen molar-refractivity contribution in [2.45, 2.75) is 6.54 Å². The highest BCUT2D eigenvalue weighted by atomic mass is 35.5. The maximum absolute atomic E-state index is 12.8. The second-order valence-corrected chi connectivity index (χ2v) is 7.17. The van der Waals surface area contributed by atoms with E-state index in [1.807, 2.05) is 23.1 Å². The zero-order valence-electron chi connectivity index (χ0n) is 14.8. The van der Waals surface area contributed by atoms with E-state index in [9.17, 15) is 9.59 Å². The fourth-order valence-electron chi connectivity index (χ4n) is 3.51. The third kappa shape index (κ3) is 3.75. The third-order valence-electron chi connectivity index (χ3n) is 4.95. The standard InChI is InChI=1S/C21H20ClN3O2/c22-17-6-8-18(9-7-17)25-20(26)14-19(21(25)27)24-12-10-23(11-13-24)15-16-4-2-1-3-5-16/h1-9,14H,10-13,15H2. The third-order valence-corrected chi connectivity index (χ3v) is 5.20. The van der Waals surface area contributed by atoms with Crippen molar-refractivity contribution >= 4 is 29.1 Å². The van der Waals surface area contributed by atoms with Gasteiger partial charge >= 0.3 is 0 Å². The number of carbonyl (C=O) groups excluding carboxylic acids is 2. The smallest absolute Gasteiger partial charge is 0.281 e. The van der Waals surface area contributed by atoms with Crippen molar-refractivity contribution in [3.05, 3.63) is 77.0 Å². The van der Waals surface area contributed by atoms with Crippen LogP contribution in [-0.2, 0) is 16.1 Å². The molecule has 1 saturated heterocycles. The number of nitrogens with zero attached hydrogens (tertiary/aromatic N) is 3. The summed E-state index contributed by atoms with van der Waals surface area (Å²) in [4.78, 5) is 30.8. The summed E-state index contributed by atoms with van der Waals surface area (Å²) >= 11 is 5.90. The summed E-state index contributed by atoms with van der Waals surface area (Å²) in [5.41, 5.74) is 2.31. The number of hydrogen-bond donors (Lipinski definition) is 0. The van der Waals surface area contributed by atoms with E-state index < -0.39 is 0 Å². The number of anilines is 1. The van der Waals surface area contributed by atoms with Crippen LogP contribution in [0.15, 0.2) is 66.4 Å². The van der Waals surface area contributed by atoms with Gasteiger partial charge in [-0.2, -0.15) is 0 Å². The van der Waals surface area contributed by atoms with Crippen LogP contribution in [0.25, 0.3) is 0 Å². The van der Waals surface area contributed by atoms with Gasteiger partial charge in [-0.15, -0.1) is 0 Å². The largest absolute Gasteiger partial charge is 0.364 e. The average molecular weight is 382 g/mol. The Hall–Kier alpha value is -2.63. The first-order chi connectivity index (χ1) is 13.1. The summed E-state index contributed by atoms with van der Waals surface area (Å²) in [6.07, 6.45) is 1.45. The summed E-state index contributed by atoms with van der Waals surface area (Å²) < 4.78 is 0. The van der Waals surface area contributed by atoms with Crippen LogP contribution in [0.3, 0.4) is 0 Å². The van der Waals surface area contributed by atoms with E-state index in [0.717, 1.165) is 32.7 Å². The van der Waals surface area contributed by atoms with Crippen molar-refractivity contribution in [3.8, 4) is 0 Å². The summed E-state index contributed by atoms with van der Waals surface area (Å²) in [5.74, 6) is -0.567. The van der Waals surface area contributed by atoms with Crippen molar-refractivity contribution in [1.82, 2.24) is 9.80 Å². The lowest BCUT2D eigenvalue weighted by Crippen LogP contribution is -2.47. The van der Waals surface area contributed by atoms with Crippen molar-refractivity contribution < 1.29 is 9.59 Å². The predicted molar refractivity (Wildman–Crippen MR) is 105 cm³/mol. The second-order valence-electron chi connectivity index (χ2n) is 6.73. The molecule has 0 unspecified atom stereocenters. The topological polar surface area (TPSA) is 43.9 Å². The van der Waals surface area contributed by atoms with Gasteiger partial charge in [0.1, 0.15) is 5.70 Å². The van der Waals surface area contributed by atoms with E-state index in [4.69, 9.17) is 11.6 Å². The molecule has 5 nitrogen and oxygen atoms in total. The number of rotatable bonds is 4. The first-order valence-electron chi connectivity index (χ1n) is 8.99. The molecule has 2 aromatic carbocycles. The van der Waals surface area contributed by atoms with Crippen molar-refractivity contribution in [2.24, 2.45) is 0 Å². The Kier molecular flexibility index (Phi) is 4.97. The molecule has 0 saturated carbocycles. The van der Waals surface area contributed by atoms with Gasteiger partial charge in [-0.1, -0.05) is 41.9 Å². The van der Waals surface area contributed by atoms with Crippen molar-refractivity contribution in [3.63, 3.8) is 0 Å². The number of amides is 2. The van der Waals surface area contributed by atoms with Gasteiger partial charge in [0, 0.05) is 43.8 Å². The van der Waals surface area contributed by atoms with Crippen LogP contribution in [-0.4, -0.2) is 47.8 Å². The first-order valence-corrected chi connectivity index (χ1v) is 9.36. The van der Waals surface area contributed by atoms with Crippen LogP contribution >= 0.6 is 11.6 Å². The first kappa shape index (κ1) is 17.8. The van der Waals surface area contributed by atoms with Gasteiger partial charge in [-0.3, -0.25) is 14.5 Å². The lowest BCUT2D eigenvalue weighted by molar-refractivity contribution is -0.121. The fraction of sp³-hybridized carbons (Fsp3) is 0.238. The zero-order chi connectivity index (χ0) is 18.8. The lowest BCUT2D eigenvalue weighted by Gasteiger charge is -2.36. The van der Waals surface area contributed by atoms with Crippen molar-refractivity contribution in [2.75, 3.05) is 31.1 Å². The van der Waals surface area contributed by atoms with Gasteiger partial charge in [0.05, 0.1) is 5.69 Å². The molecule has 2 aliphatic rings. The molecule has 138 valence electrons. The fourth-order valence-corrected chi connectivity index (χ4v) is 3.63. The normalized spacial score (nSPS) is 18.2. The molecule has 0 radical (unpaired) electrons. The molecule has 0 N–H and O–H groups in total. The molecule has 0 aromatic heterocycles. The Balaban J connectivity index is 1.40. The van der Waals surface area contributed by atoms with E-state index in [0.29, 0.717) is 16.4 Å². The number of halogens is 1. The molecule has 0 atom stereocenters. The molecule has 4 rings (SSSR count). The monoisotopic (exact) mass is 381 g/mol. The highest BCUT2D eigenvalue weighted by Crippen LogP contribution is 2.26. The van der Waals surface area contributed by atoms with E-state index >= 15 is 0 Å². The number of hydrogen-bond acceptors (Lipinski definition) is 4. The number of piperazine rings is 1. The molecule has 0 bridgehead atoms. The van der Waals surface area contributed by atoms with Crippen LogP contribution in [0, 0.1) is 0 Å². The molecule has 2 heterocycles. The van der Waals surface area contributed by atoms with Gasteiger partial charge in [0.15, 0.2) is 0 Å². The molecule has 6 heteroatoms. The number of carbonyl (C=O) groups is 2. The Morgan fingerprint density at radius 1 is 0.852 bits per heavy atom. The van der Waals surface area contributed by atoms with Gasteiger partial charge in [-0.25, -0.2) is 4.90 Å². The Bertz CT molecular complexity index is 872. The summed E-state index contributed by atoms with van der Waals surface area (Å²) in [7, 11) is 0. The molecule has 1 fully saturated rings. The summed E-state index contributed by atoms with van der Waals surface area (Å²) in [5, 5.41) is 0.570. The lowest BCUT2D eigenvalue weighted by atomic mass is 10.2. The van der Waals surface area contributed by atoms with E-state index in [2.05, 4.69) is 17.0 Å². The summed E-state index contributed by atoms with van der Waals surface area (Å²) in [6.45, 7) is 4.07. The maximum atomic E-state index is 12.8. The molecule has 2 amide bonds. The number of benzene rings is 2. The minimum Gasteiger partial charge on any atom is -0.364 e. The molecule has 2 aliphatic heterocycles. The second kappa shape index (κ2) is 7.55. The van der Waals surface area contributed by atoms with Gasteiger partial charge in [-0.05, 0) is 29.8 Å². The van der Waals surface area contributed by atoms with Crippen molar-refractivity contribution in [1.29, 1.82) is 0 Å². The van der Waals surface area contributed by atoms with Crippen LogP contribution in [0.5, 0.6) is 0 Å². The average Bonchev–Trinajstić information content (AvgIpc) is 2.98. The maximum Gasteiger partial charge on any atom is 0.281 e. The summed E-state index contributed by atoms with van der Waals surface area (Å²) in [6, 6.07) is 17.1. The van der Waals surface area contributed by atoms with Crippen LogP contribution in [0.4, 0.5) is 5.69 Å². The molecule has 27 heavy (non-hydrogen) atoms. The Labute approximate surface area is 163 Å².